The fourth-order valence-electron chi connectivity index (χ4n) is 1.34. The number of ketones is 1. The van der Waals surface area contributed by atoms with Crippen molar-refractivity contribution >= 4 is 5.78 Å². The van der Waals surface area contributed by atoms with E-state index in [-0.39, 0.29) is 17.7 Å². The molecule has 0 atom stereocenters. The van der Waals surface area contributed by atoms with Crippen molar-refractivity contribution in [2.45, 2.75) is 19.7 Å². The van der Waals surface area contributed by atoms with Crippen LogP contribution in [0, 0.1) is 0 Å². The van der Waals surface area contributed by atoms with E-state index in [4.69, 9.17) is 4.74 Å². The van der Waals surface area contributed by atoms with Gasteiger partial charge in [0.1, 0.15) is 17.1 Å². The van der Waals surface area contributed by atoms with Crippen LogP contribution in [0.25, 0.3) is 0 Å². The first-order valence-corrected chi connectivity index (χ1v) is 4.85. The van der Waals surface area contributed by atoms with Gasteiger partial charge in [0.05, 0.1) is 7.11 Å². The highest BCUT2D eigenvalue weighted by atomic mass is 19.4. The normalized spacial score (nSPS) is 11.1. The molecule has 1 rings (SSSR count). The number of Topliss-reactive ketones (excluding diaryl/α,β-unsaturated/α-hetero) is 1. The van der Waals surface area contributed by atoms with Crippen LogP contribution in [0.5, 0.6) is 11.5 Å². The summed E-state index contributed by atoms with van der Waals surface area (Å²) in [6.07, 6.45) is -4.77. The Morgan fingerprint density at radius 3 is 2.35 bits per heavy atom. The van der Waals surface area contributed by atoms with Crippen LogP contribution >= 0.6 is 0 Å². The average Bonchev–Trinajstić information content (AvgIpc) is 2.25. The van der Waals surface area contributed by atoms with Gasteiger partial charge in [0.25, 0.3) is 0 Å². The van der Waals surface area contributed by atoms with Crippen molar-refractivity contribution < 1.29 is 27.4 Å². The van der Waals surface area contributed by atoms with Gasteiger partial charge in [-0.05, 0) is 12.1 Å². The summed E-state index contributed by atoms with van der Waals surface area (Å²) in [5, 5.41) is 0. The lowest BCUT2D eigenvalue weighted by molar-refractivity contribution is -0.274. The van der Waals surface area contributed by atoms with Crippen molar-refractivity contribution in [2.75, 3.05) is 7.11 Å². The Morgan fingerprint density at radius 2 is 1.88 bits per heavy atom. The predicted octanol–water partition coefficient (Wildman–Crippen LogP) is 3.19. The lowest BCUT2D eigenvalue weighted by Crippen LogP contribution is -2.19. The van der Waals surface area contributed by atoms with Gasteiger partial charge >= 0.3 is 6.36 Å². The number of hydrogen-bond donors (Lipinski definition) is 0. The Labute approximate surface area is 96.1 Å². The number of alkyl halides is 3. The van der Waals surface area contributed by atoms with E-state index in [1.807, 2.05) is 0 Å². The topological polar surface area (TPSA) is 35.5 Å². The first-order chi connectivity index (χ1) is 7.89. The second-order valence-electron chi connectivity index (χ2n) is 3.16. The minimum Gasteiger partial charge on any atom is -0.496 e. The van der Waals surface area contributed by atoms with Gasteiger partial charge in [-0.25, -0.2) is 0 Å². The predicted molar refractivity (Wildman–Crippen MR) is 54.3 cm³/mol. The Bertz CT molecular complexity index is 413. The van der Waals surface area contributed by atoms with Crippen LogP contribution in [-0.4, -0.2) is 19.3 Å². The fourth-order valence-corrected chi connectivity index (χ4v) is 1.34. The van der Waals surface area contributed by atoms with Gasteiger partial charge in [0.15, 0.2) is 5.78 Å². The third kappa shape index (κ3) is 3.37. The highest BCUT2D eigenvalue weighted by molar-refractivity contribution is 6.01. The van der Waals surface area contributed by atoms with E-state index in [0.29, 0.717) is 0 Å². The molecule has 0 amide bonds. The summed E-state index contributed by atoms with van der Waals surface area (Å²) >= 11 is 0. The van der Waals surface area contributed by atoms with E-state index < -0.39 is 17.9 Å². The van der Waals surface area contributed by atoms with Crippen LogP contribution in [-0.2, 0) is 0 Å². The van der Waals surface area contributed by atoms with Crippen LogP contribution < -0.4 is 9.47 Å². The number of halogens is 3. The minimum absolute atomic E-state index is 0.0641. The van der Waals surface area contributed by atoms with Crippen molar-refractivity contribution in [3.8, 4) is 11.5 Å². The number of carbonyl (C=O) groups is 1. The maximum atomic E-state index is 12.2. The summed E-state index contributed by atoms with van der Waals surface area (Å²) in [4.78, 5) is 11.6. The van der Waals surface area contributed by atoms with Crippen molar-refractivity contribution in [1.29, 1.82) is 0 Å². The molecule has 6 heteroatoms. The largest absolute Gasteiger partial charge is 0.573 e. The lowest BCUT2D eigenvalue weighted by Gasteiger charge is -2.14. The van der Waals surface area contributed by atoms with Crippen molar-refractivity contribution in [3.05, 3.63) is 23.8 Å². The average molecular weight is 248 g/mol. The highest BCUT2D eigenvalue weighted by Crippen LogP contribution is 2.33. The van der Waals surface area contributed by atoms with Crippen LogP contribution in [0.15, 0.2) is 18.2 Å². The molecular weight excluding hydrogens is 237 g/mol. The molecule has 3 nitrogen and oxygen atoms in total. The molecule has 0 saturated carbocycles. The maximum Gasteiger partial charge on any atom is 0.573 e. The summed E-state index contributed by atoms with van der Waals surface area (Å²) in [6.45, 7) is 1.55. The molecule has 1 aromatic rings. The van der Waals surface area contributed by atoms with E-state index in [1.165, 1.54) is 19.2 Å². The molecule has 0 aliphatic rings. The Kier molecular flexibility index (Phi) is 3.98. The van der Waals surface area contributed by atoms with Gasteiger partial charge in [-0.1, -0.05) is 13.0 Å². The molecule has 0 saturated heterocycles. The molecule has 94 valence electrons. The van der Waals surface area contributed by atoms with Gasteiger partial charge in [0.2, 0.25) is 0 Å². The SMILES string of the molecule is CCC(=O)c1c(OC)cccc1OC(F)(F)F. The maximum absolute atomic E-state index is 12.2. The summed E-state index contributed by atoms with van der Waals surface area (Å²) in [5.74, 6) is -0.941. The quantitative estimate of drug-likeness (QED) is 0.767. The van der Waals surface area contributed by atoms with Crippen molar-refractivity contribution in [1.82, 2.24) is 0 Å². The van der Waals surface area contributed by atoms with E-state index in [0.717, 1.165) is 6.07 Å². The third-order valence-corrected chi connectivity index (χ3v) is 2.03. The van der Waals surface area contributed by atoms with Gasteiger partial charge in [-0.2, -0.15) is 0 Å². The van der Waals surface area contributed by atoms with E-state index in [1.54, 1.807) is 6.92 Å². The number of hydrogen-bond acceptors (Lipinski definition) is 3. The van der Waals surface area contributed by atoms with E-state index >= 15 is 0 Å². The summed E-state index contributed by atoms with van der Waals surface area (Å²) in [5.41, 5.74) is -0.185. The Balaban J connectivity index is 3.24. The standard InChI is InChI=1S/C11H11F3O3/c1-3-7(15)10-8(16-2)5-4-6-9(10)17-11(12,13)14/h4-6H,3H2,1-2H3. The number of methoxy groups -OCH3 is 1. The van der Waals surface area contributed by atoms with Crippen molar-refractivity contribution in [3.63, 3.8) is 0 Å². The monoisotopic (exact) mass is 248 g/mol. The molecular formula is C11H11F3O3. The molecule has 0 aliphatic carbocycles. The summed E-state index contributed by atoms with van der Waals surface area (Å²) in [7, 11) is 1.28. The molecule has 0 aromatic heterocycles. The molecule has 0 aliphatic heterocycles. The summed E-state index contributed by atoms with van der Waals surface area (Å²) in [6, 6.07) is 3.82. The van der Waals surface area contributed by atoms with Crippen LogP contribution in [0.1, 0.15) is 23.7 Å². The minimum atomic E-state index is -4.84. The molecule has 0 spiro atoms. The first kappa shape index (κ1) is 13.3. The lowest BCUT2D eigenvalue weighted by atomic mass is 10.1. The second kappa shape index (κ2) is 5.07. The Morgan fingerprint density at radius 1 is 1.29 bits per heavy atom. The molecule has 0 bridgehead atoms. The Hall–Kier alpha value is -1.72. The van der Waals surface area contributed by atoms with Gasteiger partial charge in [-0.15, -0.1) is 13.2 Å². The zero-order valence-electron chi connectivity index (χ0n) is 9.30. The number of ether oxygens (including phenoxy) is 2. The van der Waals surface area contributed by atoms with Gasteiger partial charge in [-0.3, -0.25) is 4.79 Å². The molecule has 0 heterocycles. The fraction of sp³-hybridized carbons (Fsp3) is 0.364. The van der Waals surface area contributed by atoms with E-state index in [2.05, 4.69) is 4.74 Å². The second-order valence-corrected chi connectivity index (χ2v) is 3.16. The molecule has 17 heavy (non-hydrogen) atoms. The summed E-state index contributed by atoms with van der Waals surface area (Å²) < 4.78 is 45.1. The van der Waals surface area contributed by atoms with Gasteiger partial charge < -0.3 is 9.47 Å². The van der Waals surface area contributed by atoms with Crippen LogP contribution in [0.4, 0.5) is 13.2 Å². The van der Waals surface area contributed by atoms with Crippen molar-refractivity contribution in [2.24, 2.45) is 0 Å². The zero-order chi connectivity index (χ0) is 13.1. The van der Waals surface area contributed by atoms with Gasteiger partial charge in [0, 0.05) is 6.42 Å². The zero-order valence-corrected chi connectivity index (χ0v) is 9.30. The van der Waals surface area contributed by atoms with Crippen LogP contribution in [0.2, 0.25) is 0 Å². The van der Waals surface area contributed by atoms with Crippen LogP contribution in [0.3, 0.4) is 0 Å². The number of carbonyl (C=O) groups excluding carboxylic acids is 1. The first-order valence-electron chi connectivity index (χ1n) is 4.85. The number of rotatable bonds is 4. The molecule has 0 radical (unpaired) electrons. The molecule has 1 aromatic carbocycles. The smallest absolute Gasteiger partial charge is 0.496 e. The molecule has 0 N–H and O–H groups in total. The van der Waals surface area contributed by atoms with E-state index in [9.17, 15) is 18.0 Å². The molecule has 0 fully saturated rings. The molecule has 0 unspecified atom stereocenters. The third-order valence-electron chi connectivity index (χ3n) is 2.03. The highest BCUT2D eigenvalue weighted by Gasteiger charge is 2.33. The number of benzene rings is 1.